The smallest absolute Gasteiger partial charge is 0.495 e. The van der Waals surface area contributed by atoms with Gasteiger partial charge in [0.25, 0.3) is 5.91 Å². The molecule has 0 spiro atoms. The maximum atomic E-state index is 12.4. The van der Waals surface area contributed by atoms with E-state index in [1.165, 1.54) is 45.5 Å². The molecule has 2 N–H and O–H groups in total. The number of carbonyl (C=O) groups excluding carboxylic acids is 1. The fourth-order valence-corrected chi connectivity index (χ4v) is 3.59. The third-order valence-corrected chi connectivity index (χ3v) is 5.98. The van der Waals surface area contributed by atoms with Gasteiger partial charge in [0.2, 0.25) is 10.0 Å². The molecule has 1 unspecified atom stereocenters. The van der Waals surface area contributed by atoms with Crippen LogP contribution in [0.4, 0.5) is 13.2 Å². The summed E-state index contributed by atoms with van der Waals surface area (Å²) in [4.78, 5) is 12.2. The largest absolute Gasteiger partial charge is 0.573 e. The zero-order chi connectivity index (χ0) is 23.4. The lowest BCUT2D eigenvalue weighted by Gasteiger charge is -2.16. The van der Waals surface area contributed by atoms with Gasteiger partial charge >= 0.3 is 6.36 Å². The van der Waals surface area contributed by atoms with Crippen LogP contribution in [0, 0.1) is 0 Å². The van der Waals surface area contributed by atoms with Crippen molar-refractivity contribution in [3.63, 3.8) is 0 Å². The van der Waals surface area contributed by atoms with E-state index in [1.54, 1.807) is 0 Å². The maximum Gasteiger partial charge on any atom is 0.573 e. The highest BCUT2D eigenvalue weighted by molar-refractivity contribution is 7.89. The van der Waals surface area contributed by atoms with Crippen LogP contribution in [0.25, 0.3) is 0 Å². The molecule has 31 heavy (non-hydrogen) atoms. The van der Waals surface area contributed by atoms with Crippen LogP contribution in [0.2, 0.25) is 0 Å². The summed E-state index contributed by atoms with van der Waals surface area (Å²) < 4.78 is 71.3. The lowest BCUT2D eigenvalue weighted by atomic mass is 10.1. The molecule has 170 valence electrons. The van der Waals surface area contributed by atoms with E-state index in [0.717, 1.165) is 22.5 Å². The number of hydrogen-bond donors (Lipinski definition) is 2. The zero-order valence-electron chi connectivity index (χ0n) is 16.8. The number of nitrogens with one attached hydrogen (secondary N) is 1. The first-order valence-corrected chi connectivity index (χ1v) is 10.2. The minimum Gasteiger partial charge on any atom is -0.495 e. The Balaban J connectivity index is 2.10. The van der Waals surface area contributed by atoms with Crippen LogP contribution in [-0.4, -0.2) is 57.8 Å². The van der Waals surface area contributed by atoms with Gasteiger partial charge in [0, 0.05) is 26.2 Å². The van der Waals surface area contributed by atoms with Gasteiger partial charge in [0.1, 0.15) is 16.4 Å². The number of hydrogen-bond acceptors (Lipinski definition) is 6. The van der Waals surface area contributed by atoms with Crippen molar-refractivity contribution in [2.75, 3.05) is 27.7 Å². The van der Waals surface area contributed by atoms with Gasteiger partial charge in [-0.1, -0.05) is 12.1 Å². The summed E-state index contributed by atoms with van der Waals surface area (Å²) in [6.07, 6.45) is -6.04. The molecule has 0 bridgehead atoms. The summed E-state index contributed by atoms with van der Waals surface area (Å²) in [7, 11) is 0.0891. The summed E-state index contributed by atoms with van der Waals surface area (Å²) in [6.45, 7) is -0.264. The Kier molecular flexibility index (Phi) is 7.52. The van der Waals surface area contributed by atoms with Crippen LogP contribution in [0.3, 0.4) is 0 Å². The monoisotopic (exact) mass is 462 g/mol. The first-order valence-electron chi connectivity index (χ1n) is 8.77. The minimum atomic E-state index is -4.83. The summed E-state index contributed by atoms with van der Waals surface area (Å²) >= 11 is 0. The normalized spacial score (nSPS) is 13.0. The number of aliphatic hydroxyl groups excluding tert-OH is 1. The third-order valence-electron chi connectivity index (χ3n) is 4.14. The maximum absolute atomic E-state index is 12.4. The molecule has 0 saturated heterocycles. The molecule has 2 aromatic carbocycles. The van der Waals surface area contributed by atoms with Crippen LogP contribution in [0.1, 0.15) is 22.0 Å². The molecule has 0 saturated carbocycles. The fourth-order valence-electron chi connectivity index (χ4n) is 2.52. The van der Waals surface area contributed by atoms with Crippen LogP contribution in [0.15, 0.2) is 47.4 Å². The van der Waals surface area contributed by atoms with Gasteiger partial charge in [-0.2, -0.15) is 0 Å². The molecule has 12 heteroatoms. The van der Waals surface area contributed by atoms with Gasteiger partial charge in [0.15, 0.2) is 0 Å². The van der Waals surface area contributed by atoms with Crippen molar-refractivity contribution in [2.45, 2.75) is 17.4 Å². The molecule has 0 aromatic heterocycles. The number of benzene rings is 2. The number of nitrogens with zero attached hydrogens (tertiary/aromatic N) is 1. The summed E-state index contributed by atoms with van der Waals surface area (Å²) in [6, 6.07) is 8.38. The third kappa shape index (κ3) is 6.32. The quantitative estimate of drug-likeness (QED) is 0.624. The highest BCUT2D eigenvalue weighted by Gasteiger charge is 2.31. The lowest BCUT2D eigenvalue weighted by Crippen LogP contribution is -2.29. The second-order valence-electron chi connectivity index (χ2n) is 6.50. The number of methoxy groups -OCH3 is 1. The molecule has 0 fully saturated rings. The van der Waals surface area contributed by atoms with Crippen molar-refractivity contribution in [1.29, 1.82) is 0 Å². The van der Waals surface area contributed by atoms with E-state index in [1.807, 2.05) is 0 Å². The van der Waals surface area contributed by atoms with E-state index in [9.17, 15) is 31.5 Å². The topological polar surface area (TPSA) is 105 Å². The number of alkyl halides is 3. The molecule has 1 amide bonds. The van der Waals surface area contributed by atoms with Gasteiger partial charge in [0.05, 0.1) is 13.2 Å². The van der Waals surface area contributed by atoms with Crippen molar-refractivity contribution >= 4 is 15.9 Å². The SMILES string of the molecule is COc1ccc(C(=O)NCC(O)c2ccc(OC(F)(F)F)cc2)cc1S(=O)(=O)N(C)C. The highest BCUT2D eigenvalue weighted by atomic mass is 32.2. The Hall–Kier alpha value is -2.83. The first kappa shape index (κ1) is 24.4. The fraction of sp³-hybridized carbons (Fsp3) is 0.316. The predicted octanol–water partition coefficient (Wildman–Crippen LogP) is 2.31. The molecule has 0 heterocycles. The zero-order valence-corrected chi connectivity index (χ0v) is 17.6. The second kappa shape index (κ2) is 9.54. The molecule has 8 nitrogen and oxygen atoms in total. The number of amides is 1. The van der Waals surface area contributed by atoms with E-state index in [4.69, 9.17) is 4.74 Å². The van der Waals surface area contributed by atoms with Crippen molar-refractivity contribution in [3.05, 3.63) is 53.6 Å². The molecular formula is C19H21F3N2O6S. The van der Waals surface area contributed by atoms with Crippen LogP contribution in [0.5, 0.6) is 11.5 Å². The van der Waals surface area contributed by atoms with Gasteiger partial charge in [-0.05, 0) is 35.9 Å². The number of ether oxygens (including phenoxy) is 2. The molecule has 0 aliphatic rings. The van der Waals surface area contributed by atoms with Crippen LogP contribution in [-0.2, 0) is 10.0 Å². The standard InChI is InChI=1S/C19H21F3N2O6S/c1-24(2)31(27,28)17-10-13(6-9-16(17)29-3)18(26)23-11-15(25)12-4-7-14(8-5-12)30-19(20,21)22/h4-10,15,25H,11H2,1-3H3,(H,23,26). The molecule has 2 aromatic rings. The Labute approximate surface area is 177 Å². The highest BCUT2D eigenvalue weighted by Crippen LogP contribution is 2.27. The lowest BCUT2D eigenvalue weighted by molar-refractivity contribution is -0.274. The van der Waals surface area contributed by atoms with Crippen LogP contribution < -0.4 is 14.8 Å². The molecule has 0 aliphatic heterocycles. The van der Waals surface area contributed by atoms with Crippen LogP contribution >= 0.6 is 0 Å². The number of carbonyl (C=O) groups is 1. The van der Waals surface area contributed by atoms with E-state index in [-0.39, 0.29) is 28.3 Å². The minimum absolute atomic E-state index is 0.0161. The molecular weight excluding hydrogens is 441 g/mol. The van der Waals surface area contributed by atoms with Crippen molar-refractivity contribution < 1.29 is 41.0 Å². The first-order chi connectivity index (χ1) is 14.3. The summed E-state index contributed by atoms with van der Waals surface area (Å²) in [5.74, 6) is -1.04. The Morgan fingerprint density at radius 3 is 2.29 bits per heavy atom. The second-order valence-corrected chi connectivity index (χ2v) is 8.62. The molecule has 0 radical (unpaired) electrons. The van der Waals surface area contributed by atoms with Gasteiger partial charge in [-0.15, -0.1) is 13.2 Å². The summed E-state index contributed by atoms with van der Waals surface area (Å²) in [5.41, 5.74) is 0.266. The Bertz CT molecular complexity index is 1020. The van der Waals surface area contributed by atoms with Gasteiger partial charge in [-0.25, -0.2) is 12.7 Å². The summed E-state index contributed by atoms with van der Waals surface area (Å²) in [5, 5.41) is 12.6. The number of halogens is 3. The number of rotatable bonds is 8. The van der Waals surface area contributed by atoms with E-state index < -0.39 is 34.1 Å². The number of aliphatic hydroxyl groups is 1. The molecule has 0 aliphatic carbocycles. The van der Waals surface area contributed by atoms with Crippen molar-refractivity contribution in [2.24, 2.45) is 0 Å². The Morgan fingerprint density at radius 1 is 1.16 bits per heavy atom. The van der Waals surface area contributed by atoms with E-state index in [2.05, 4.69) is 10.1 Å². The van der Waals surface area contributed by atoms with Crippen molar-refractivity contribution in [1.82, 2.24) is 9.62 Å². The Morgan fingerprint density at radius 2 is 1.77 bits per heavy atom. The van der Waals surface area contributed by atoms with Crippen molar-refractivity contribution in [3.8, 4) is 11.5 Å². The van der Waals surface area contributed by atoms with Gasteiger partial charge in [-0.3, -0.25) is 4.79 Å². The van der Waals surface area contributed by atoms with E-state index in [0.29, 0.717) is 0 Å². The molecule has 2 rings (SSSR count). The average molecular weight is 462 g/mol. The van der Waals surface area contributed by atoms with E-state index >= 15 is 0 Å². The van der Waals surface area contributed by atoms with Gasteiger partial charge < -0.3 is 19.9 Å². The number of sulfonamides is 1. The predicted molar refractivity (Wildman–Crippen MR) is 104 cm³/mol. The average Bonchev–Trinajstić information content (AvgIpc) is 2.70. The molecule has 1 atom stereocenters.